The second-order valence-electron chi connectivity index (χ2n) is 3.27. The van der Waals surface area contributed by atoms with Crippen molar-refractivity contribution in [2.45, 2.75) is 34.6 Å². The van der Waals surface area contributed by atoms with E-state index >= 15 is 0 Å². The predicted octanol–water partition coefficient (Wildman–Crippen LogP) is 3.66. The Morgan fingerprint density at radius 1 is 1.35 bits per heavy atom. The summed E-state index contributed by atoms with van der Waals surface area (Å²) < 4.78 is 0.875. The van der Waals surface area contributed by atoms with Crippen LogP contribution < -0.4 is 0 Å². The highest BCUT2D eigenvalue weighted by Crippen LogP contribution is 2.16. The fourth-order valence-corrected chi connectivity index (χ4v) is 1.67. The third kappa shape index (κ3) is 4.46. The minimum Gasteiger partial charge on any atom is -0.339 e. The lowest BCUT2D eigenvalue weighted by atomic mass is 10.2. The Kier molecular flexibility index (Phi) is 7.79. The Hall–Kier alpha value is -0.900. The average Bonchev–Trinajstić information content (AvgIpc) is 2.36. The fourth-order valence-electron chi connectivity index (χ4n) is 1.32. The van der Waals surface area contributed by atoms with E-state index in [0.29, 0.717) is 5.56 Å². The van der Waals surface area contributed by atoms with Crippen LogP contribution in [0, 0.1) is 6.92 Å². The minimum atomic E-state index is 0.0354. The van der Waals surface area contributed by atoms with Crippen molar-refractivity contribution in [1.29, 1.82) is 0 Å². The largest absolute Gasteiger partial charge is 0.339 e. The van der Waals surface area contributed by atoms with E-state index in [1.807, 2.05) is 40.7 Å². The number of hydrogen-bond acceptors (Lipinski definition) is 2. The first-order chi connectivity index (χ1) is 8.10. The first kappa shape index (κ1) is 16.1. The minimum absolute atomic E-state index is 0.0354. The molecular formula is C13H21BrN2O. The monoisotopic (exact) mass is 300 g/mol. The third-order valence-corrected chi connectivity index (χ3v) is 3.13. The Morgan fingerprint density at radius 2 is 1.88 bits per heavy atom. The van der Waals surface area contributed by atoms with Crippen molar-refractivity contribution in [1.82, 2.24) is 9.88 Å². The molecule has 1 heterocycles. The van der Waals surface area contributed by atoms with E-state index in [2.05, 4.69) is 20.9 Å². The summed E-state index contributed by atoms with van der Waals surface area (Å²) in [6.45, 7) is 11.3. The van der Waals surface area contributed by atoms with Crippen LogP contribution in [0.2, 0.25) is 0 Å². The van der Waals surface area contributed by atoms with E-state index in [-0.39, 0.29) is 5.91 Å². The van der Waals surface area contributed by atoms with Crippen LogP contribution >= 0.6 is 15.9 Å². The highest BCUT2D eigenvalue weighted by molar-refractivity contribution is 9.10. The molecule has 0 fully saturated rings. The van der Waals surface area contributed by atoms with E-state index in [4.69, 9.17) is 0 Å². The van der Waals surface area contributed by atoms with E-state index in [1.54, 1.807) is 11.1 Å². The molecule has 1 amide bonds. The van der Waals surface area contributed by atoms with Gasteiger partial charge in [0.25, 0.3) is 5.91 Å². The van der Waals surface area contributed by atoms with Crippen molar-refractivity contribution < 1.29 is 4.79 Å². The fraction of sp³-hybridized carbons (Fsp3) is 0.538. The zero-order valence-electron chi connectivity index (χ0n) is 11.2. The van der Waals surface area contributed by atoms with Crippen molar-refractivity contribution in [2.75, 3.05) is 13.1 Å². The van der Waals surface area contributed by atoms with Gasteiger partial charge in [-0.2, -0.15) is 0 Å². The van der Waals surface area contributed by atoms with Gasteiger partial charge in [0.1, 0.15) is 0 Å². The number of rotatable bonds is 3. The van der Waals surface area contributed by atoms with E-state index in [9.17, 15) is 4.79 Å². The van der Waals surface area contributed by atoms with Gasteiger partial charge < -0.3 is 4.90 Å². The van der Waals surface area contributed by atoms with Gasteiger partial charge >= 0.3 is 0 Å². The second kappa shape index (κ2) is 8.23. The molecule has 96 valence electrons. The molecule has 0 radical (unpaired) electrons. The highest BCUT2D eigenvalue weighted by atomic mass is 79.9. The number of halogens is 1. The van der Waals surface area contributed by atoms with Crippen LogP contribution in [0.4, 0.5) is 0 Å². The zero-order chi connectivity index (χ0) is 13.4. The van der Waals surface area contributed by atoms with Crippen molar-refractivity contribution in [3.63, 3.8) is 0 Å². The number of carbonyl (C=O) groups is 1. The van der Waals surface area contributed by atoms with Gasteiger partial charge in [0.15, 0.2) is 0 Å². The number of aromatic nitrogens is 1. The predicted molar refractivity (Wildman–Crippen MR) is 75.3 cm³/mol. The SMILES string of the molecule is CC.CCN(CC)C(=O)c1cnc(C)c(Br)c1. The number of pyridine rings is 1. The molecule has 0 bridgehead atoms. The molecule has 0 aromatic carbocycles. The average molecular weight is 301 g/mol. The Balaban J connectivity index is 0.00000121. The maximum absolute atomic E-state index is 11.9. The van der Waals surface area contributed by atoms with Crippen molar-refractivity contribution >= 4 is 21.8 Å². The highest BCUT2D eigenvalue weighted by Gasteiger charge is 2.13. The van der Waals surface area contributed by atoms with Crippen LogP contribution in [-0.4, -0.2) is 28.9 Å². The van der Waals surface area contributed by atoms with Gasteiger partial charge in [-0.05, 0) is 42.8 Å². The topological polar surface area (TPSA) is 33.2 Å². The molecular weight excluding hydrogens is 280 g/mol. The van der Waals surface area contributed by atoms with Crippen LogP contribution in [-0.2, 0) is 0 Å². The Labute approximate surface area is 112 Å². The first-order valence-electron chi connectivity index (χ1n) is 6.01. The van der Waals surface area contributed by atoms with Crippen LogP contribution in [0.15, 0.2) is 16.7 Å². The number of amides is 1. The van der Waals surface area contributed by atoms with Gasteiger partial charge in [0, 0.05) is 23.8 Å². The van der Waals surface area contributed by atoms with Gasteiger partial charge in [-0.15, -0.1) is 0 Å². The molecule has 1 aromatic rings. The summed E-state index contributed by atoms with van der Waals surface area (Å²) in [4.78, 5) is 17.9. The zero-order valence-corrected chi connectivity index (χ0v) is 12.8. The summed E-state index contributed by atoms with van der Waals surface area (Å²) in [5, 5.41) is 0. The van der Waals surface area contributed by atoms with E-state index in [0.717, 1.165) is 23.3 Å². The van der Waals surface area contributed by atoms with Gasteiger partial charge in [-0.1, -0.05) is 13.8 Å². The second-order valence-corrected chi connectivity index (χ2v) is 4.12. The van der Waals surface area contributed by atoms with Crippen LogP contribution in [0.3, 0.4) is 0 Å². The molecule has 4 heteroatoms. The van der Waals surface area contributed by atoms with Gasteiger partial charge in [-0.25, -0.2) is 0 Å². The molecule has 0 atom stereocenters. The first-order valence-corrected chi connectivity index (χ1v) is 6.80. The standard InChI is InChI=1S/C11H15BrN2O.C2H6/c1-4-14(5-2)11(15)9-6-10(12)8(3)13-7-9;1-2/h6-7H,4-5H2,1-3H3;1-2H3. The maximum Gasteiger partial charge on any atom is 0.255 e. The molecule has 0 N–H and O–H groups in total. The maximum atomic E-state index is 11.9. The van der Waals surface area contributed by atoms with Crippen molar-refractivity contribution in [3.05, 3.63) is 28.0 Å². The molecule has 0 aliphatic heterocycles. The molecule has 0 spiro atoms. The number of carbonyl (C=O) groups excluding carboxylic acids is 1. The molecule has 0 saturated heterocycles. The smallest absolute Gasteiger partial charge is 0.255 e. The number of nitrogens with zero attached hydrogens (tertiary/aromatic N) is 2. The van der Waals surface area contributed by atoms with Crippen molar-refractivity contribution in [3.8, 4) is 0 Å². The molecule has 0 saturated carbocycles. The lowest BCUT2D eigenvalue weighted by Crippen LogP contribution is -2.30. The molecule has 1 rings (SSSR count). The van der Waals surface area contributed by atoms with Crippen molar-refractivity contribution in [2.24, 2.45) is 0 Å². The lowest BCUT2D eigenvalue weighted by molar-refractivity contribution is 0.0772. The Morgan fingerprint density at radius 3 is 2.29 bits per heavy atom. The van der Waals surface area contributed by atoms with Gasteiger partial charge in [-0.3, -0.25) is 9.78 Å². The summed E-state index contributed by atoms with van der Waals surface area (Å²) >= 11 is 3.37. The van der Waals surface area contributed by atoms with Crippen LogP contribution in [0.5, 0.6) is 0 Å². The molecule has 17 heavy (non-hydrogen) atoms. The lowest BCUT2D eigenvalue weighted by Gasteiger charge is -2.18. The Bertz CT molecular complexity index is 362. The molecule has 0 unspecified atom stereocenters. The summed E-state index contributed by atoms with van der Waals surface area (Å²) in [6, 6.07) is 1.82. The summed E-state index contributed by atoms with van der Waals surface area (Å²) in [5.74, 6) is 0.0354. The quantitative estimate of drug-likeness (QED) is 0.853. The number of aryl methyl sites for hydroxylation is 1. The summed E-state index contributed by atoms with van der Waals surface area (Å²) in [7, 11) is 0. The summed E-state index contributed by atoms with van der Waals surface area (Å²) in [6.07, 6.45) is 1.63. The molecule has 0 aliphatic rings. The molecule has 0 aliphatic carbocycles. The van der Waals surface area contributed by atoms with Gasteiger partial charge in [0.2, 0.25) is 0 Å². The van der Waals surface area contributed by atoms with Crippen LogP contribution in [0.25, 0.3) is 0 Å². The summed E-state index contributed by atoms with van der Waals surface area (Å²) in [5.41, 5.74) is 1.53. The normalized spacial score (nSPS) is 9.29. The van der Waals surface area contributed by atoms with E-state index < -0.39 is 0 Å². The molecule has 3 nitrogen and oxygen atoms in total. The van der Waals surface area contributed by atoms with Crippen LogP contribution in [0.1, 0.15) is 43.7 Å². The van der Waals surface area contributed by atoms with E-state index in [1.165, 1.54) is 0 Å². The van der Waals surface area contributed by atoms with Gasteiger partial charge in [0.05, 0.1) is 11.3 Å². The number of hydrogen-bond donors (Lipinski definition) is 0. The third-order valence-electron chi connectivity index (χ3n) is 2.32. The molecule has 1 aromatic heterocycles.